The van der Waals surface area contributed by atoms with E-state index in [9.17, 15) is 4.79 Å². The third kappa shape index (κ3) is 5.35. The van der Waals surface area contributed by atoms with E-state index in [1.54, 1.807) is 12.1 Å². The van der Waals surface area contributed by atoms with Crippen LogP contribution in [0.4, 0.5) is 5.95 Å². The summed E-state index contributed by atoms with van der Waals surface area (Å²) in [5, 5.41) is 13.4. The smallest absolute Gasteiger partial charge is 1.00 e. The van der Waals surface area contributed by atoms with Gasteiger partial charge in [-0.3, -0.25) is 0 Å². The maximum absolute atomic E-state index is 11.1. The second-order valence-electron chi connectivity index (χ2n) is 9.05. The van der Waals surface area contributed by atoms with Gasteiger partial charge in [0.15, 0.2) is 5.82 Å². The summed E-state index contributed by atoms with van der Waals surface area (Å²) >= 11 is 1.53. The van der Waals surface area contributed by atoms with Crippen molar-refractivity contribution in [3.05, 3.63) is 59.8 Å². The molecule has 1 saturated heterocycles. The minimum atomic E-state index is -0.935. The predicted molar refractivity (Wildman–Crippen MR) is 150 cm³/mol. The van der Waals surface area contributed by atoms with Crippen LogP contribution in [0.25, 0.3) is 42.9 Å². The number of piperazine rings is 1. The SMILES string of the molecule is CCOc1nc(N2CCNCC2)nc2c1sc1nc(-c3ccc(-c4ccc(C(=O)O)cc4)cc3)nc(C)c12.[H-].[Na+]. The van der Waals surface area contributed by atoms with E-state index in [0.717, 1.165) is 69.0 Å². The Morgan fingerprint density at radius 1 is 1.00 bits per heavy atom. The standard InChI is InChI=1S/C28H26N6O3S.Na.H/c1-3-37-25-23-22(31-28(33-25)34-14-12-29-13-15-34)21-16(2)30-24(32-26(21)38-23)19-8-4-17(5-9-19)18-6-10-20(11-7-18)27(35)36;;/h4-11,29H,3,12-15H2,1-2H3,(H,35,36);;/q;+1;-1. The molecular formula is C28H27N6NaO3S. The third-order valence-electron chi connectivity index (χ3n) is 6.60. The van der Waals surface area contributed by atoms with Crippen LogP contribution in [0.5, 0.6) is 5.88 Å². The van der Waals surface area contributed by atoms with Gasteiger partial charge in [-0.25, -0.2) is 19.7 Å². The number of thiophene rings is 1. The molecule has 0 atom stereocenters. The first kappa shape index (κ1) is 27.4. The van der Waals surface area contributed by atoms with Gasteiger partial charge in [-0.1, -0.05) is 36.4 Å². The molecule has 1 aliphatic heterocycles. The molecule has 2 aromatic carbocycles. The number of rotatable bonds is 6. The number of fused-ring (bicyclic) bond motifs is 3. The second-order valence-corrected chi connectivity index (χ2v) is 10.1. The van der Waals surface area contributed by atoms with Crippen molar-refractivity contribution in [1.82, 2.24) is 25.3 Å². The van der Waals surface area contributed by atoms with E-state index in [4.69, 9.17) is 29.8 Å². The molecule has 39 heavy (non-hydrogen) atoms. The number of carboxylic acids is 1. The van der Waals surface area contributed by atoms with Gasteiger partial charge in [0.1, 0.15) is 15.0 Å². The van der Waals surface area contributed by atoms with Crippen molar-refractivity contribution >= 4 is 43.7 Å². The Bertz CT molecular complexity index is 1660. The minimum Gasteiger partial charge on any atom is -1.00 e. The Kier molecular flexibility index (Phi) is 8.11. The molecule has 0 spiro atoms. The normalized spacial score (nSPS) is 13.4. The zero-order chi connectivity index (χ0) is 26.2. The fourth-order valence-electron chi connectivity index (χ4n) is 4.66. The molecule has 3 aromatic heterocycles. The summed E-state index contributed by atoms with van der Waals surface area (Å²) < 4.78 is 6.83. The van der Waals surface area contributed by atoms with Crippen molar-refractivity contribution in [2.45, 2.75) is 13.8 Å². The van der Waals surface area contributed by atoms with Crippen molar-refractivity contribution in [3.8, 4) is 28.4 Å². The van der Waals surface area contributed by atoms with E-state index in [0.29, 0.717) is 24.3 Å². The first-order chi connectivity index (χ1) is 18.5. The number of carboxylic acid groups (broad SMARTS) is 1. The topological polar surface area (TPSA) is 113 Å². The first-order valence-electron chi connectivity index (χ1n) is 12.5. The summed E-state index contributed by atoms with van der Waals surface area (Å²) in [6.07, 6.45) is 0. The van der Waals surface area contributed by atoms with Crippen LogP contribution in [-0.2, 0) is 0 Å². The molecule has 0 amide bonds. The van der Waals surface area contributed by atoms with Crippen LogP contribution in [-0.4, -0.2) is 63.8 Å². The minimum absolute atomic E-state index is 0. The number of ether oxygens (including phenoxy) is 1. The monoisotopic (exact) mass is 550 g/mol. The van der Waals surface area contributed by atoms with Crippen molar-refractivity contribution in [1.29, 1.82) is 0 Å². The third-order valence-corrected chi connectivity index (χ3v) is 7.66. The number of hydrogen-bond donors (Lipinski definition) is 2. The second kappa shape index (κ2) is 11.5. The summed E-state index contributed by atoms with van der Waals surface area (Å²) in [7, 11) is 0. The van der Waals surface area contributed by atoms with Gasteiger partial charge in [0, 0.05) is 31.7 Å². The zero-order valence-electron chi connectivity index (χ0n) is 23.1. The quantitative estimate of drug-likeness (QED) is 0.306. The number of nitrogens with one attached hydrogen (secondary N) is 1. The van der Waals surface area contributed by atoms with E-state index < -0.39 is 5.97 Å². The van der Waals surface area contributed by atoms with Crippen molar-refractivity contribution < 1.29 is 45.6 Å². The summed E-state index contributed by atoms with van der Waals surface area (Å²) in [6, 6.07) is 14.8. The molecule has 194 valence electrons. The van der Waals surface area contributed by atoms with Gasteiger partial charge in [0.05, 0.1) is 23.3 Å². The van der Waals surface area contributed by atoms with E-state index >= 15 is 0 Å². The van der Waals surface area contributed by atoms with Crippen LogP contribution in [0.2, 0.25) is 0 Å². The largest absolute Gasteiger partial charge is 1.00 e. The molecule has 2 N–H and O–H groups in total. The summed E-state index contributed by atoms with van der Waals surface area (Å²) in [5.41, 5.74) is 4.79. The van der Waals surface area contributed by atoms with Crippen molar-refractivity contribution in [3.63, 3.8) is 0 Å². The Labute approximate surface area is 253 Å². The summed E-state index contributed by atoms with van der Waals surface area (Å²) in [6.45, 7) is 7.95. The number of anilines is 1. The molecule has 0 saturated carbocycles. The zero-order valence-corrected chi connectivity index (χ0v) is 24.9. The van der Waals surface area contributed by atoms with Gasteiger partial charge in [-0.2, -0.15) is 4.98 Å². The van der Waals surface area contributed by atoms with Crippen molar-refractivity contribution in [2.75, 3.05) is 37.7 Å². The van der Waals surface area contributed by atoms with Gasteiger partial charge < -0.3 is 21.5 Å². The number of hydrogen-bond acceptors (Lipinski definition) is 9. The fourth-order valence-corrected chi connectivity index (χ4v) is 5.76. The molecule has 0 radical (unpaired) electrons. The van der Waals surface area contributed by atoms with E-state index in [-0.39, 0.29) is 36.5 Å². The van der Waals surface area contributed by atoms with Crippen LogP contribution in [0.3, 0.4) is 0 Å². The fraction of sp³-hybridized carbons (Fsp3) is 0.250. The van der Waals surface area contributed by atoms with E-state index in [1.807, 2.05) is 50.2 Å². The van der Waals surface area contributed by atoms with Crippen LogP contribution in [0.1, 0.15) is 24.4 Å². The van der Waals surface area contributed by atoms with E-state index in [2.05, 4.69) is 10.2 Å². The number of aromatic carboxylic acids is 1. The Morgan fingerprint density at radius 2 is 1.64 bits per heavy atom. The van der Waals surface area contributed by atoms with E-state index in [1.165, 1.54) is 11.3 Å². The molecule has 4 heterocycles. The molecule has 0 unspecified atom stereocenters. The Morgan fingerprint density at radius 3 is 2.28 bits per heavy atom. The average Bonchev–Trinajstić information content (AvgIpc) is 3.33. The Balaban J connectivity index is 0.00000185. The average molecular weight is 551 g/mol. The van der Waals surface area contributed by atoms with Crippen LogP contribution in [0, 0.1) is 6.92 Å². The first-order valence-corrected chi connectivity index (χ1v) is 13.3. The number of carbonyl (C=O) groups is 1. The van der Waals surface area contributed by atoms with Gasteiger partial charge in [-0.15, -0.1) is 11.3 Å². The van der Waals surface area contributed by atoms with Gasteiger partial charge in [-0.05, 0) is 37.1 Å². The maximum atomic E-state index is 11.1. The molecule has 5 aromatic rings. The van der Waals surface area contributed by atoms with Crippen LogP contribution in [0.15, 0.2) is 48.5 Å². The Hall–Kier alpha value is -3.15. The number of aryl methyl sites for hydroxylation is 1. The number of benzene rings is 2. The molecule has 0 bridgehead atoms. The molecule has 1 fully saturated rings. The summed E-state index contributed by atoms with van der Waals surface area (Å²) in [4.78, 5) is 33.7. The number of nitrogens with zero attached hydrogens (tertiary/aromatic N) is 5. The van der Waals surface area contributed by atoms with Crippen molar-refractivity contribution in [2.24, 2.45) is 0 Å². The summed E-state index contributed by atoms with van der Waals surface area (Å²) in [5.74, 6) is 0.976. The number of aromatic nitrogens is 4. The predicted octanol–water partition coefficient (Wildman–Crippen LogP) is 1.90. The van der Waals surface area contributed by atoms with Gasteiger partial charge >= 0.3 is 35.5 Å². The van der Waals surface area contributed by atoms with Crippen LogP contribution < -0.4 is 44.5 Å². The molecular weight excluding hydrogens is 523 g/mol. The maximum Gasteiger partial charge on any atom is 1.00 e. The van der Waals surface area contributed by atoms with Crippen LogP contribution >= 0.6 is 11.3 Å². The molecule has 6 rings (SSSR count). The molecule has 0 aliphatic carbocycles. The molecule has 9 nitrogen and oxygen atoms in total. The molecule has 11 heteroatoms. The molecule has 1 aliphatic rings. The van der Waals surface area contributed by atoms with Gasteiger partial charge in [0.2, 0.25) is 11.8 Å². The van der Waals surface area contributed by atoms with Gasteiger partial charge in [0.25, 0.3) is 0 Å².